The average molecular weight is 356 g/mol. The van der Waals surface area contributed by atoms with Crippen LogP contribution in [0.25, 0.3) is 0 Å². The van der Waals surface area contributed by atoms with Crippen LogP contribution >= 0.6 is 0 Å². The number of aromatic nitrogens is 1. The van der Waals surface area contributed by atoms with Crippen LogP contribution in [0.4, 0.5) is 0 Å². The van der Waals surface area contributed by atoms with Crippen molar-refractivity contribution in [3.8, 4) is 6.07 Å². The number of carbonyl (C=O) groups is 1. The van der Waals surface area contributed by atoms with Crippen molar-refractivity contribution in [3.05, 3.63) is 59.9 Å². The molecule has 0 bridgehead atoms. The van der Waals surface area contributed by atoms with E-state index in [2.05, 4.69) is 4.98 Å². The van der Waals surface area contributed by atoms with Crippen molar-refractivity contribution in [3.63, 3.8) is 0 Å². The normalized spacial score (nSPS) is 15.6. The SMILES string of the molecule is N#Cc1ccccc1S(=O)(=O)N1CCN(C(=O)c2ccncc2)CC1. The molecule has 0 atom stereocenters. The number of nitriles is 1. The van der Waals surface area contributed by atoms with Gasteiger partial charge in [0.1, 0.15) is 6.07 Å². The van der Waals surface area contributed by atoms with Gasteiger partial charge < -0.3 is 4.90 Å². The molecule has 0 N–H and O–H groups in total. The van der Waals surface area contributed by atoms with Crippen molar-refractivity contribution >= 4 is 15.9 Å². The smallest absolute Gasteiger partial charge is 0.254 e. The fourth-order valence-electron chi connectivity index (χ4n) is 2.73. The van der Waals surface area contributed by atoms with Gasteiger partial charge in [0, 0.05) is 44.1 Å². The van der Waals surface area contributed by atoms with E-state index in [9.17, 15) is 13.2 Å². The summed E-state index contributed by atoms with van der Waals surface area (Å²) in [6, 6.07) is 11.3. The molecule has 1 aliphatic rings. The summed E-state index contributed by atoms with van der Waals surface area (Å²) in [5.74, 6) is -0.142. The second-order valence-electron chi connectivity index (χ2n) is 5.54. The summed E-state index contributed by atoms with van der Waals surface area (Å²) in [5.41, 5.74) is 0.652. The van der Waals surface area contributed by atoms with Gasteiger partial charge in [-0.1, -0.05) is 12.1 Å². The van der Waals surface area contributed by atoms with Crippen LogP contribution in [0.2, 0.25) is 0 Å². The van der Waals surface area contributed by atoms with E-state index in [1.54, 1.807) is 41.6 Å². The van der Waals surface area contributed by atoms with E-state index in [-0.39, 0.29) is 29.5 Å². The molecule has 0 saturated carbocycles. The third-order valence-corrected chi connectivity index (χ3v) is 6.04. The Morgan fingerprint density at radius 3 is 2.32 bits per heavy atom. The number of hydrogen-bond acceptors (Lipinski definition) is 5. The Labute approximate surface area is 146 Å². The first kappa shape index (κ1) is 17.1. The van der Waals surface area contributed by atoms with E-state index < -0.39 is 10.0 Å². The van der Waals surface area contributed by atoms with Crippen molar-refractivity contribution in [2.45, 2.75) is 4.90 Å². The van der Waals surface area contributed by atoms with Crippen LogP contribution in [-0.2, 0) is 10.0 Å². The zero-order valence-electron chi connectivity index (χ0n) is 13.4. The predicted octanol–water partition coefficient (Wildman–Crippen LogP) is 1.10. The van der Waals surface area contributed by atoms with Crippen LogP contribution in [0.5, 0.6) is 0 Å². The Balaban J connectivity index is 1.74. The number of amides is 1. The molecule has 0 spiro atoms. The minimum atomic E-state index is -3.76. The highest BCUT2D eigenvalue weighted by atomic mass is 32.2. The van der Waals surface area contributed by atoms with Crippen LogP contribution in [-0.4, -0.2) is 54.7 Å². The number of sulfonamides is 1. The fourth-order valence-corrected chi connectivity index (χ4v) is 4.30. The number of rotatable bonds is 3. The second kappa shape index (κ2) is 7.01. The first-order chi connectivity index (χ1) is 12.0. The van der Waals surface area contributed by atoms with E-state index in [0.29, 0.717) is 18.7 Å². The molecule has 0 aliphatic carbocycles. The molecule has 1 amide bonds. The van der Waals surface area contributed by atoms with Gasteiger partial charge in [-0.05, 0) is 24.3 Å². The zero-order chi connectivity index (χ0) is 17.9. The molecular weight excluding hydrogens is 340 g/mol. The van der Waals surface area contributed by atoms with Crippen LogP contribution in [0, 0.1) is 11.3 Å². The minimum absolute atomic E-state index is 0.00594. The van der Waals surface area contributed by atoms with Crippen LogP contribution in [0.15, 0.2) is 53.7 Å². The van der Waals surface area contributed by atoms with E-state index in [0.717, 1.165) is 0 Å². The minimum Gasteiger partial charge on any atom is -0.336 e. The summed E-state index contributed by atoms with van der Waals surface area (Å²) in [4.78, 5) is 17.9. The third-order valence-electron chi connectivity index (χ3n) is 4.08. The van der Waals surface area contributed by atoms with E-state index >= 15 is 0 Å². The highest BCUT2D eigenvalue weighted by Gasteiger charge is 2.31. The molecule has 7 nitrogen and oxygen atoms in total. The maximum Gasteiger partial charge on any atom is 0.254 e. The first-order valence-electron chi connectivity index (χ1n) is 7.72. The van der Waals surface area contributed by atoms with Gasteiger partial charge in [-0.2, -0.15) is 9.57 Å². The second-order valence-corrected chi connectivity index (χ2v) is 7.45. The summed E-state index contributed by atoms with van der Waals surface area (Å²) >= 11 is 0. The Hall–Kier alpha value is -2.76. The maximum absolute atomic E-state index is 12.8. The molecule has 3 rings (SSSR count). The molecule has 1 aliphatic heterocycles. The lowest BCUT2D eigenvalue weighted by Crippen LogP contribution is -2.50. The quantitative estimate of drug-likeness (QED) is 0.821. The number of hydrogen-bond donors (Lipinski definition) is 0. The van der Waals surface area contributed by atoms with E-state index in [1.165, 1.54) is 16.4 Å². The molecule has 1 fully saturated rings. The molecule has 1 aromatic carbocycles. The standard InChI is InChI=1S/C17H16N4O3S/c18-13-15-3-1-2-4-16(15)25(23,24)21-11-9-20(10-12-21)17(22)14-5-7-19-8-6-14/h1-8H,9-12H2. The van der Waals surface area contributed by atoms with Crippen molar-refractivity contribution in [1.29, 1.82) is 5.26 Å². The van der Waals surface area contributed by atoms with Gasteiger partial charge in [-0.15, -0.1) is 0 Å². The molecular formula is C17H16N4O3S. The zero-order valence-corrected chi connectivity index (χ0v) is 14.2. The number of pyridine rings is 1. The summed E-state index contributed by atoms with van der Waals surface area (Å²) in [7, 11) is -3.76. The lowest BCUT2D eigenvalue weighted by molar-refractivity contribution is 0.0698. The summed E-state index contributed by atoms with van der Waals surface area (Å²) < 4.78 is 26.9. The lowest BCUT2D eigenvalue weighted by Gasteiger charge is -2.34. The highest BCUT2D eigenvalue weighted by Crippen LogP contribution is 2.21. The van der Waals surface area contributed by atoms with Crippen molar-refractivity contribution in [2.24, 2.45) is 0 Å². The Morgan fingerprint density at radius 2 is 1.68 bits per heavy atom. The third kappa shape index (κ3) is 3.38. The van der Waals surface area contributed by atoms with E-state index in [1.807, 2.05) is 6.07 Å². The Kier molecular flexibility index (Phi) is 4.79. The van der Waals surface area contributed by atoms with E-state index in [4.69, 9.17) is 5.26 Å². The van der Waals surface area contributed by atoms with Gasteiger partial charge in [-0.25, -0.2) is 8.42 Å². The van der Waals surface area contributed by atoms with Crippen LogP contribution in [0.3, 0.4) is 0 Å². The summed E-state index contributed by atoms with van der Waals surface area (Å²) in [6.45, 7) is 0.988. The molecule has 1 aromatic heterocycles. The van der Waals surface area contributed by atoms with Gasteiger partial charge in [0.05, 0.1) is 10.5 Å². The fraction of sp³-hybridized carbons (Fsp3) is 0.235. The maximum atomic E-state index is 12.8. The molecule has 0 unspecified atom stereocenters. The monoisotopic (exact) mass is 356 g/mol. The first-order valence-corrected chi connectivity index (χ1v) is 9.16. The number of piperazine rings is 1. The van der Waals surface area contributed by atoms with Gasteiger partial charge in [-0.3, -0.25) is 9.78 Å². The number of nitrogens with zero attached hydrogens (tertiary/aromatic N) is 4. The largest absolute Gasteiger partial charge is 0.336 e. The van der Waals surface area contributed by atoms with Gasteiger partial charge in [0.25, 0.3) is 5.91 Å². The average Bonchev–Trinajstić information content (AvgIpc) is 2.68. The molecule has 1 saturated heterocycles. The van der Waals surface area contributed by atoms with Crippen molar-refractivity contribution in [1.82, 2.24) is 14.2 Å². The van der Waals surface area contributed by atoms with Crippen molar-refractivity contribution < 1.29 is 13.2 Å². The van der Waals surface area contributed by atoms with Gasteiger partial charge in [0.15, 0.2) is 0 Å². The molecule has 8 heteroatoms. The predicted molar refractivity (Wildman–Crippen MR) is 90.1 cm³/mol. The lowest BCUT2D eigenvalue weighted by atomic mass is 10.2. The highest BCUT2D eigenvalue weighted by molar-refractivity contribution is 7.89. The number of benzene rings is 1. The topological polar surface area (TPSA) is 94.4 Å². The van der Waals surface area contributed by atoms with Crippen molar-refractivity contribution in [2.75, 3.05) is 26.2 Å². The van der Waals surface area contributed by atoms with Gasteiger partial charge in [0.2, 0.25) is 10.0 Å². The van der Waals surface area contributed by atoms with Gasteiger partial charge >= 0.3 is 0 Å². The Bertz CT molecular complexity index is 914. The van der Waals surface area contributed by atoms with Crippen LogP contribution in [0.1, 0.15) is 15.9 Å². The summed E-state index contributed by atoms with van der Waals surface area (Å²) in [5, 5.41) is 9.13. The summed E-state index contributed by atoms with van der Waals surface area (Å²) in [6.07, 6.45) is 3.10. The molecule has 2 heterocycles. The number of carbonyl (C=O) groups excluding carboxylic acids is 1. The van der Waals surface area contributed by atoms with Crippen LogP contribution < -0.4 is 0 Å². The molecule has 128 valence electrons. The molecule has 25 heavy (non-hydrogen) atoms. The molecule has 0 radical (unpaired) electrons. The Morgan fingerprint density at radius 1 is 1.04 bits per heavy atom. The molecule has 2 aromatic rings.